The summed E-state index contributed by atoms with van der Waals surface area (Å²) in [5.74, 6) is 1.10. The summed E-state index contributed by atoms with van der Waals surface area (Å²) >= 11 is 0. The lowest BCUT2D eigenvalue weighted by molar-refractivity contribution is -0.905. The molecule has 1 fully saturated rings. The molecule has 2 nitrogen and oxygen atoms in total. The van der Waals surface area contributed by atoms with Gasteiger partial charge in [0.05, 0.1) is 26.2 Å². The van der Waals surface area contributed by atoms with Crippen LogP contribution in [0.1, 0.15) is 55.2 Å². The number of ether oxygens (including phenoxy) is 1. The van der Waals surface area contributed by atoms with Gasteiger partial charge in [0.15, 0.2) is 0 Å². The molecule has 2 rings (SSSR count). The average molecular weight is 290 g/mol. The molecule has 1 aromatic carbocycles. The molecule has 21 heavy (non-hydrogen) atoms. The van der Waals surface area contributed by atoms with Gasteiger partial charge in [0.1, 0.15) is 5.75 Å². The first-order valence-corrected chi connectivity index (χ1v) is 8.71. The molecule has 1 heterocycles. The van der Waals surface area contributed by atoms with Crippen LogP contribution in [-0.2, 0) is 0 Å². The number of benzene rings is 1. The number of aryl methyl sites for hydroxylation is 3. The summed E-state index contributed by atoms with van der Waals surface area (Å²) in [7, 11) is 0. The molecule has 0 spiro atoms. The van der Waals surface area contributed by atoms with Gasteiger partial charge < -0.3 is 9.64 Å². The van der Waals surface area contributed by atoms with Crippen LogP contribution in [-0.4, -0.2) is 26.2 Å². The fourth-order valence-electron chi connectivity index (χ4n) is 3.52. The van der Waals surface area contributed by atoms with E-state index < -0.39 is 0 Å². The Morgan fingerprint density at radius 3 is 2.24 bits per heavy atom. The summed E-state index contributed by atoms with van der Waals surface area (Å²) in [6.45, 7) is 11.5. The Balaban J connectivity index is 1.61. The number of nitrogens with one attached hydrogen (secondary N) is 1. The minimum absolute atomic E-state index is 0.861. The average Bonchev–Trinajstić information content (AvgIpc) is 2.45. The van der Waals surface area contributed by atoms with Crippen LogP contribution >= 0.6 is 0 Å². The van der Waals surface area contributed by atoms with E-state index in [1.807, 2.05) is 4.90 Å². The summed E-state index contributed by atoms with van der Waals surface area (Å²) in [5, 5.41) is 0. The Labute approximate surface area is 130 Å². The largest absolute Gasteiger partial charge is 0.493 e. The van der Waals surface area contributed by atoms with Gasteiger partial charge in [0.2, 0.25) is 0 Å². The first kappa shape index (κ1) is 16.4. The zero-order valence-corrected chi connectivity index (χ0v) is 14.1. The summed E-state index contributed by atoms with van der Waals surface area (Å²) in [6, 6.07) is 4.42. The van der Waals surface area contributed by atoms with Crippen molar-refractivity contribution in [2.75, 3.05) is 26.2 Å². The van der Waals surface area contributed by atoms with Crippen molar-refractivity contribution in [3.05, 3.63) is 28.8 Å². The fraction of sp³-hybridized carbons (Fsp3) is 0.684. The molecule has 0 aromatic heterocycles. The van der Waals surface area contributed by atoms with Crippen molar-refractivity contribution >= 4 is 0 Å². The third-order valence-electron chi connectivity index (χ3n) is 4.59. The van der Waals surface area contributed by atoms with Crippen LogP contribution in [0, 0.1) is 20.8 Å². The second kappa shape index (κ2) is 8.43. The smallest absolute Gasteiger partial charge is 0.125 e. The first-order valence-electron chi connectivity index (χ1n) is 8.71. The van der Waals surface area contributed by atoms with Crippen LogP contribution in [0.25, 0.3) is 0 Å². The molecule has 118 valence electrons. The Morgan fingerprint density at radius 1 is 0.905 bits per heavy atom. The number of quaternary nitrogens is 1. The zero-order chi connectivity index (χ0) is 15.1. The van der Waals surface area contributed by atoms with Crippen molar-refractivity contribution in [2.45, 2.75) is 59.3 Å². The molecule has 0 radical (unpaired) electrons. The van der Waals surface area contributed by atoms with Gasteiger partial charge in [-0.2, -0.15) is 0 Å². The van der Waals surface area contributed by atoms with Crippen molar-refractivity contribution in [3.63, 3.8) is 0 Å². The maximum Gasteiger partial charge on any atom is 0.125 e. The number of piperidine rings is 1. The van der Waals surface area contributed by atoms with E-state index >= 15 is 0 Å². The molecule has 1 aliphatic heterocycles. The van der Waals surface area contributed by atoms with Crippen LogP contribution in [0.2, 0.25) is 0 Å². The highest BCUT2D eigenvalue weighted by atomic mass is 16.5. The molecule has 1 aromatic rings. The van der Waals surface area contributed by atoms with E-state index in [2.05, 4.69) is 32.9 Å². The Morgan fingerprint density at radius 2 is 1.57 bits per heavy atom. The molecule has 0 unspecified atom stereocenters. The first-order chi connectivity index (χ1) is 10.2. The van der Waals surface area contributed by atoms with Gasteiger partial charge in [0, 0.05) is 0 Å². The summed E-state index contributed by atoms with van der Waals surface area (Å²) in [6.07, 6.45) is 8.15. The minimum atomic E-state index is 0.861. The molecule has 2 heteroatoms. The zero-order valence-electron chi connectivity index (χ0n) is 14.1. The number of likely N-dealkylation sites (tertiary alicyclic amines) is 1. The van der Waals surface area contributed by atoms with Crippen LogP contribution < -0.4 is 9.64 Å². The quantitative estimate of drug-likeness (QED) is 0.761. The van der Waals surface area contributed by atoms with Gasteiger partial charge in [-0.1, -0.05) is 17.7 Å². The molecule has 0 bridgehead atoms. The topological polar surface area (TPSA) is 13.7 Å². The van der Waals surface area contributed by atoms with E-state index in [1.165, 1.54) is 74.8 Å². The monoisotopic (exact) mass is 290 g/mol. The van der Waals surface area contributed by atoms with E-state index in [9.17, 15) is 0 Å². The third kappa shape index (κ3) is 5.35. The van der Waals surface area contributed by atoms with E-state index in [0.29, 0.717) is 0 Å². The van der Waals surface area contributed by atoms with E-state index in [1.54, 1.807) is 0 Å². The maximum absolute atomic E-state index is 6.01. The van der Waals surface area contributed by atoms with Gasteiger partial charge in [-0.3, -0.25) is 0 Å². The Kier molecular flexibility index (Phi) is 6.56. The summed E-state index contributed by atoms with van der Waals surface area (Å²) < 4.78 is 6.01. The lowest BCUT2D eigenvalue weighted by atomic mass is 10.1. The van der Waals surface area contributed by atoms with Gasteiger partial charge in [0.25, 0.3) is 0 Å². The number of hydrogen-bond donors (Lipinski definition) is 1. The summed E-state index contributed by atoms with van der Waals surface area (Å²) in [5.41, 5.74) is 3.86. The highest BCUT2D eigenvalue weighted by molar-refractivity contribution is 5.42. The maximum atomic E-state index is 6.01. The second-order valence-electron chi connectivity index (χ2n) is 6.70. The molecule has 1 saturated heterocycles. The fourth-order valence-corrected chi connectivity index (χ4v) is 3.52. The highest BCUT2D eigenvalue weighted by Gasteiger charge is 2.12. The van der Waals surface area contributed by atoms with Crippen LogP contribution in [0.15, 0.2) is 12.1 Å². The molecule has 0 atom stereocenters. The van der Waals surface area contributed by atoms with Crippen molar-refractivity contribution in [2.24, 2.45) is 0 Å². The predicted molar refractivity (Wildman–Crippen MR) is 89.4 cm³/mol. The third-order valence-corrected chi connectivity index (χ3v) is 4.59. The van der Waals surface area contributed by atoms with Crippen molar-refractivity contribution < 1.29 is 9.64 Å². The standard InChI is InChI=1S/C19H31NO/c1-16-14-17(2)19(18(3)15-16)21-13-9-5-8-12-20-10-6-4-7-11-20/h14-15H,4-13H2,1-3H3/p+1. The van der Waals surface area contributed by atoms with Gasteiger partial charge in [-0.05, 0) is 70.4 Å². The molecular formula is C19H32NO+. The molecule has 0 saturated carbocycles. The molecule has 1 aliphatic rings. The molecule has 1 N–H and O–H groups in total. The number of rotatable bonds is 7. The number of unbranched alkanes of at least 4 members (excludes halogenated alkanes) is 2. The predicted octanol–water partition coefficient (Wildman–Crippen LogP) is 3.23. The van der Waals surface area contributed by atoms with Gasteiger partial charge >= 0.3 is 0 Å². The van der Waals surface area contributed by atoms with Crippen LogP contribution in [0.5, 0.6) is 5.75 Å². The van der Waals surface area contributed by atoms with Gasteiger partial charge in [-0.15, -0.1) is 0 Å². The molecular weight excluding hydrogens is 258 g/mol. The Hall–Kier alpha value is -1.02. The summed E-state index contributed by atoms with van der Waals surface area (Å²) in [4.78, 5) is 1.83. The molecule has 0 amide bonds. The minimum Gasteiger partial charge on any atom is -0.493 e. The normalized spacial score (nSPS) is 16.1. The van der Waals surface area contributed by atoms with E-state index in [4.69, 9.17) is 4.74 Å². The number of hydrogen-bond acceptors (Lipinski definition) is 1. The van der Waals surface area contributed by atoms with Gasteiger partial charge in [-0.25, -0.2) is 0 Å². The van der Waals surface area contributed by atoms with Crippen LogP contribution in [0.3, 0.4) is 0 Å². The van der Waals surface area contributed by atoms with E-state index in [0.717, 1.165) is 12.4 Å². The van der Waals surface area contributed by atoms with Crippen molar-refractivity contribution in [3.8, 4) is 5.75 Å². The Bertz CT molecular complexity index is 412. The van der Waals surface area contributed by atoms with Crippen molar-refractivity contribution in [1.82, 2.24) is 0 Å². The molecule has 0 aliphatic carbocycles. The van der Waals surface area contributed by atoms with E-state index in [-0.39, 0.29) is 0 Å². The van der Waals surface area contributed by atoms with Crippen molar-refractivity contribution in [1.29, 1.82) is 0 Å². The second-order valence-corrected chi connectivity index (χ2v) is 6.70. The van der Waals surface area contributed by atoms with Crippen LogP contribution in [0.4, 0.5) is 0 Å². The highest BCUT2D eigenvalue weighted by Crippen LogP contribution is 2.24. The SMILES string of the molecule is Cc1cc(C)c(OCCCCC[NH+]2CCCCC2)c(C)c1. The lowest BCUT2D eigenvalue weighted by Gasteiger charge is -2.23. The lowest BCUT2D eigenvalue weighted by Crippen LogP contribution is -3.12.